The van der Waals surface area contributed by atoms with Gasteiger partial charge in [-0.05, 0) is 10.8 Å². The summed E-state index contributed by atoms with van der Waals surface area (Å²) >= 11 is 0. The maximum atomic E-state index is 11.8. The Morgan fingerprint density at radius 1 is 1.55 bits per heavy atom. The largest absolute Gasteiger partial charge is 0.481 e. The van der Waals surface area contributed by atoms with Gasteiger partial charge < -0.3 is 20.5 Å². The van der Waals surface area contributed by atoms with Crippen molar-refractivity contribution < 1.29 is 19.6 Å². The highest BCUT2D eigenvalue weighted by Gasteiger charge is 2.20. The molecule has 0 saturated heterocycles. The Balaban J connectivity index is 2.60. The maximum Gasteiger partial charge on any atom is 0.389 e. The van der Waals surface area contributed by atoms with Crippen LogP contribution in [0.3, 0.4) is 0 Å². The minimum atomic E-state index is -1.00. The van der Waals surface area contributed by atoms with Gasteiger partial charge in [0.25, 0.3) is 0 Å². The molecule has 1 amide bonds. The van der Waals surface area contributed by atoms with Crippen molar-refractivity contribution in [2.75, 3.05) is 0 Å². The van der Waals surface area contributed by atoms with Crippen molar-refractivity contribution in [2.45, 2.75) is 32.9 Å². The van der Waals surface area contributed by atoms with Crippen LogP contribution in [-0.4, -0.2) is 37.7 Å². The first-order valence-electron chi connectivity index (χ1n) is 5.98. The van der Waals surface area contributed by atoms with Gasteiger partial charge in [0, 0.05) is 6.04 Å². The Morgan fingerprint density at radius 2 is 2.20 bits per heavy atom. The second kappa shape index (κ2) is 6.64. The molecule has 0 bridgehead atoms. The molecule has 1 aromatic heterocycles. The van der Waals surface area contributed by atoms with Crippen molar-refractivity contribution in [1.82, 2.24) is 15.1 Å². The smallest absolute Gasteiger partial charge is 0.389 e. The van der Waals surface area contributed by atoms with Gasteiger partial charge in [0.15, 0.2) is 0 Å². The number of amides is 1. The van der Waals surface area contributed by atoms with Crippen LogP contribution < -0.4 is 5.32 Å². The molecule has 110 valence electrons. The van der Waals surface area contributed by atoms with Gasteiger partial charge in [-0.2, -0.15) is 4.68 Å². The predicted octanol–water partition coefficient (Wildman–Crippen LogP) is 0.407. The number of carboxylic acids is 1. The first kappa shape index (κ1) is 15.6. The second-order valence-electron chi connectivity index (χ2n) is 4.64. The zero-order valence-electron chi connectivity index (χ0n) is 11.1. The fourth-order valence-electron chi connectivity index (χ4n) is 1.58. The van der Waals surface area contributed by atoms with E-state index >= 15 is 0 Å². The van der Waals surface area contributed by atoms with Crippen LogP contribution >= 0.6 is 0 Å². The van der Waals surface area contributed by atoms with E-state index in [1.54, 1.807) is 13.8 Å². The van der Waals surface area contributed by atoms with Crippen LogP contribution in [0.1, 0.15) is 20.3 Å². The second-order valence-corrected chi connectivity index (χ2v) is 4.64. The number of rotatable bonds is 7. The van der Waals surface area contributed by atoms with Gasteiger partial charge in [0.05, 0.1) is 23.8 Å². The van der Waals surface area contributed by atoms with Crippen molar-refractivity contribution in [2.24, 2.45) is 5.92 Å². The van der Waals surface area contributed by atoms with E-state index in [9.17, 15) is 19.7 Å². The summed E-state index contributed by atoms with van der Waals surface area (Å²) in [7, 11) is 0. The molecule has 1 atom stereocenters. The van der Waals surface area contributed by atoms with Crippen LogP contribution in [0.5, 0.6) is 0 Å². The monoisotopic (exact) mass is 284 g/mol. The molecule has 1 aromatic rings. The van der Waals surface area contributed by atoms with E-state index in [0.717, 1.165) is 4.68 Å². The third kappa shape index (κ3) is 4.67. The van der Waals surface area contributed by atoms with Crippen molar-refractivity contribution >= 4 is 17.7 Å². The summed E-state index contributed by atoms with van der Waals surface area (Å²) in [5, 5.41) is 25.4. The molecule has 9 heteroatoms. The van der Waals surface area contributed by atoms with Gasteiger partial charge in [-0.3, -0.25) is 9.59 Å². The van der Waals surface area contributed by atoms with Crippen molar-refractivity contribution in [1.29, 1.82) is 0 Å². The minimum Gasteiger partial charge on any atom is -0.481 e. The number of nitrogens with zero attached hydrogens (tertiary/aromatic N) is 3. The van der Waals surface area contributed by atoms with E-state index < -0.39 is 22.8 Å². The van der Waals surface area contributed by atoms with Crippen LogP contribution in [0.25, 0.3) is 0 Å². The highest BCUT2D eigenvalue weighted by molar-refractivity contribution is 5.77. The summed E-state index contributed by atoms with van der Waals surface area (Å²) in [5.41, 5.74) is 0. The highest BCUT2D eigenvalue weighted by atomic mass is 16.6. The van der Waals surface area contributed by atoms with Crippen LogP contribution in [-0.2, 0) is 16.1 Å². The van der Waals surface area contributed by atoms with Gasteiger partial charge in [-0.25, -0.2) is 0 Å². The zero-order valence-corrected chi connectivity index (χ0v) is 11.1. The SMILES string of the molecule is CC(C)C(CC(=O)O)NC(=O)Cn1ccc([N+](=O)[O-])n1. The standard InChI is InChI=1S/C11H16N4O5/c1-7(2)8(5-11(17)18)12-10(16)6-14-4-3-9(13-14)15(19)20/h3-4,7-8H,5-6H2,1-2H3,(H,12,16)(H,17,18). The van der Waals surface area contributed by atoms with Gasteiger partial charge in [0.1, 0.15) is 6.54 Å². The Hall–Kier alpha value is -2.45. The number of nitrogens with one attached hydrogen (secondary N) is 1. The Kier molecular flexibility index (Phi) is 5.18. The number of carboxylic acid groups (broad SMARTS) is 1. The average molecular weight is 284 g/mol. The van der Waals surface area contributed by atoms with E-state index in [0.29, 0.717) is 0 Å². The van der Waals surface area contributed by atoms with Crippen LogP contribution in [0.2, 0.25) is 0 Å². The fraction of sp³-hybridized carbons (Fsp3) is 0.545. The van der Waals surface area contributed by atoms with Crippen molar-refractivity contribution in [3.05, 3.63) is 22.4 Å². The number of hydrogen-bond donors (Lipinski definition) is 2. The normalized spacial score (nSPS) is 12.2. The molecule has 1 heterocycles. The third-order valence-corrected chi connectivity index (χ3v) is 2.66. The van der Waals surface area contributed by atoms with E-state index in [2.05, 4.69) is 10.4 Å². The summed E-state index contributed by atoms with van der Waals surface area (Å²) in [6.45, 7) is 3.40. The van der Waals surface area contributed by atoms with Crippen LogP contribution in [0, 0.1) is 16.0 Å². The lowest BCUT2D eigenvalue weighted by atomic mass is 10.0. The summed E-state index contributed by atoms with van der Waals surface area (Å²) in [5.74, 6) is -1.83. The molecule has 1 unspecified atom stereocenters. The predicted molar refractivity (Wildman–Crippen MR) is 67.9 cm³/mol. The highest BCUT2D eigenvalue weighted by Crippen LogP contribution is 2.07. The minimum absolute atomic E-state index is 0.0398. The van der Waals surface area contributed by atoms with Gasteiger partial charge in [-0.15, -0.1) is 0 Å². The lowest BCUT2D eigenvalue weighted by molar-refractivity contribution is -0.389. The van der Waals surface area contributed by atoms with Gasteiger partial charge in [0.2, 0.25) is 5.91 Å². The number of carbonyl (C=O) groups is 2. The van der Waals surface area contributed by atoms with Gasteiger partial charge in [-0.1, -0.05) is 13.8 Å². The first-order chi connectivity index (χ1) is 9.29. The first-order valence-corrected chi connectivity index (χ1v) is 5.98. The molecule has 1 rings (SSSR count). The molecule has 0 aromatic carbocycles. The zero-order chi connectivity index (χ0) is 15.3. The molecule has 0 spiro atoms. The Morgan fingerprint density at radius 3 is 2.65 bits per heavy atom. The lowest BCUT2D eigenvalue weighted by Gasteiger charge is -2.20. The van der Waals surface area contributed by atoms with E-state index in [-0.39, 0.29) is 24.7 Å². The van der Waals surface area contributed by atoms with E-state index in [1.165, 1.54) is 12.3 Å². The molecule has 20 heavy (non-hydrogen) atoms. The lowest BCUT2D eigenvalue weighted by Crippen LogP contribution is -2.41. The molecule has 0 saturated carbocycles. The summed E-state index contributed by atoms with van der Waals surface area (Å²) in [6.07, 6.45) is 1.14. The van der Waals surface area contributed by atoms with E-state index in [4.69, 9.17) is 5.11 Å². The number of aromatic nitrogens is 2. The summed E-state index contributed by atoms with van der Waals surface area (Å²) in [4.78, 5) is 32.2. The number of hydrogen-bond acceptors (Lipinski definition) is 5. The molecular weight excluding hydrogens is 268 g/mol. The fourth-order valence-corrected chi connectivity index (χ4v) is 1.58. The quantitative estimate of drug-likeness (QED) is 0.551. The van der Waals surface area contributed by atoms with Crippen molar-refractivity contribution in [3.63, 3.8) is 0 Å². The molecule has 0 aliphatic carbocycles. The molecule has 0 radical (unpaired) electrons. The Labute approximate surface area is 114 Å². The summed E-state index contributed by atoms with van der Waals surface area (Å²) < 4.78 is 1.13. The molecule has 2 N–H and O–H groups in total. The molecule has 0 aliphatic rings. The number of aliphatic carboxylic acids is 1. The van der Waals surface area contributed by atoms with Crippen molar-refractivity contribution in [3.8, 4) is 0 Å². The topological polar surface area (TPSA) is 127 Å². The Bertz CT molecular complexity index is 511. The molecule has 0 aliphatic heterocycles. The van der Waals surface area contributed by atoms with E-state index in [1.807, 2.05) is 0 Å². The third-order valence-electron chi connectivity index (χ3n) is 2.66. The molecular formula is C11H16N4O5. The number of nitro groups is 1. The maximum absolute atomic E-state index is 11.8. The van der Waals surface area contributed by atoms with Gasteiger partial charge >= 0.3 is 11.8 Å². The number of carbonyl (C=O) groups excluding carboxylic acids is 1. The average Bonchev–Trinajstić information content (AvgIpc) is 2.75. The van der Waals surface area contributed by atoms with Crippen LogP contribution in [0.15, 0.2) is 12.3 Å². The molecule has 9 nitrogen and oxygen atoms in total. The molecule has 0 fully saturated rings. The summed E-state index contributed by atoms with van der Waals surface area (Å²) in [6, 6.07) is 0.690. The van der Waals surface area contributed by atoms with Crippen LogP contribution in [0.4, 0.5) is 5.82 Å².